The van der Waals surface area contributed by atoms with E-state index in [1.54, 1.807) is 12.4 Å². The molecule has 0 saturated carbocycles. The van der Waals surface area contributed by atoms with Gasteiger partial charge >= 0.3 is 6.01 Å². The van der Waals surface area contributed by atoms with Gasteiger partial charge in [0.1, 0.15) is 5.75 Å². The number of aryl methyl sites for hydroxylation is 1. The van der Waals surface area contributed by atoms with Crippen molar-refractivity contribution in [1.82, 2.24) is 9.97 Å². The first-order chi connectivity index (χ1) is 7.66. The van der Waals surface area contributed by atoms with Crippen molar-refractivity contribution < 1.29 is 4.74 Å². The van der Waals surface area contributed by atoms with Crippen LogP contribution in [-0.4, -0.2) is 9.97 Å². The van der Waals surface area contributed by atoms with Crippen LogP contribution in [-0.2, 0) is 0 Å². The van der Waals surface area contributed by atoms with Crippen LogP contribution in [0.3, 0.4) is 0 Å². The first-order valence-corrected chi connectivity index (χ1v) is 5.68. The Balaban J connectivity index is 2.27. The number of halogens is 1. The molecular formula is C12H11BrN2O. The summed E-state index contributed by atoms with van der Waals surface area (Å²) in [5.74, 6) is 0.794. The Kier molecular flexibility index (Phi) is 3.19. The van der Waals surface area contributed by atoms with Crippen LogP contribution in [0.15, 0.2) is 35.1 Å². The van der Waals surface area contributed by atoms with Gasteiger partial charge < -0.3 is 4.74 Å². The summed E-state index contributed by atoms with van der Waals surface area (Å²) < 4.78 is 6.44. The molecule has 82 valence electrons. The van der Waals surface area contributed by atoms with Crippen LogP contribution in [0.5, 0.6) is 11.8 Å². The first kappa shape index (κ1) is 11.1. The van der Waals surface area contributed by atoms with E-state index in [9.17, 15) is 0 Å². The molecule has 0 aliphatic carbocycles. The van der Waals surface area contributed by atoms with Gasteiger partial charge in [-0.3, -0.25) is 0 Å². The number of rotatable bonds is 2. The molecule has 1 aromatic heterocycles. The maximum atomic E-state index is 5.60. The topological polar surface area (TPSA) is 35.0 Å². The van der Waals surface area contributed by atoms with Crippen LogP contribution in [0, 0.1) is 13.8 Å². The van der Waals surface area contributed by atoms with Gasteiger partial charge in [-0.25, -0.2) is 9.97 Å². The average molecular weight is 279 g/mol. The second-order valence-electron chi connectivity index (χ2n) is 3.48. The Morgan fingerprint density at radius 1 is 1.12 bits per heavy atom. The number of nitrogens with zero attached hydrogens (tertiary/aromatic N) is 2. The molecule has 0 unspecified atom stereocenters. The monoisotopic (exact) mass is 278 g/mol. The largest absolute Gasteiger partial charge is 0.424 e. The van der Waals surface area contributed by atoms with Crippen molar-refractivity contribution in [2.45, 2.75) is 13.8 Å². The molecule has 0 spiro atoms. The summed E-state index contributed by atoms with van der Waals surface area (Å²) in [7, 11) is 0. The molecule has 0 N–H and O–H groups in total. The van der Waals surface area contributed by atoms with E-state index < -0.39 is 0 Å². The van der Waals surface area contributed by atoms with Gasteiger partial charge in [-0.2, -0.15) is 0 Å². The van der Waals surface area contributed by atoms with Crippen molar-refractivity contribution in [3.05, 3.63) is 46.2 Å². The summed E-state index contributed by atoms with van der Waals surface area (Å²) in [5.41, 5.74) is 2.30. The van der Waals surface area contributed by atoms with Gasteiger partial charge in [0.05, 0.1) is 4.47 Å². The third-order valence-corrected chi connectivity index (χ3v) is 2.76. The van der Waals surface area contributed by atoms with Crippen molar-refractivity contribution in [2.75, 3.05) is 0 Å². The molecule has 0 radical (unpaired) electrons. The normalized spacial score (nSPS) is 10.2. The molecule has 16 heavy (non-hydrogen) atoms. The lowest BCUT2D eigenvalue weighted by atomic mass is 10.1. The molecule has 0 aliphatic heterocycles. The average Bonchev–Trinajstić information content (AvgIpc) is 2.28. The molecule has 0 atom stereocenters. The third-order valence-electron chi connectivity index (χ3n) is 2.35. The van der Waals surface area contributed by atoms with Gasteiger partial charge in [0.25, 0.3) is 0 Å². The molecular weight excluding hydrogens is 268 g/mol. The number of benzene rings is 1. The van der Waals surface area contributed by atoms with Gasteiger partial charge in [-0.05, 0) is 47.0 Å². The molecule has 0 aliphatic rings. The highest BCUT2D eigenvalue weighted by atomic mass is 79.9. The summed E-state index contributed by atoms with van der Waals surface area (Å²) in [6, 6.07) is 6.27. The molecule has 0 saturated heterocycles. The Labute approximate surface area is 103 Å². The minimum atomic E-state index is 0.358. The van der Waals surface area contributed by atoms with Crippen molar-refractivity contribution in [3.63, 3.8) is 0 Å². The molecule has 0 bridgehead atoms. The summed E-state index contributed by atoms with van der Waals surface area (Å²) in [6.45, 7) is 4.06. The standard InChI is InChI=1S/C12H11BrN2O/c1-8-4-3-5-11(9(8)2)16-12-14-6-10(13)7-15-12/h3-7H,1-2H3. The Hall–Kier alpha value is -1.42. The highest BCUT2D eigenvalue weighted by Gasteiger charge is 2.04. The lowest BCUT2D eigenvalue weighted by Gasteiger charge is -2.08. The SMILES string of the molecule is Cc1cccc(Oc2ncc(Br)cn2)c1C. The molecule has 2 aromatic rings. The maximum absolute atomic E-state index is 5.60. The smallest absolute Gasteiger partial charge is 0.321 e. The zero-order valence-electron chi connectivity index (χ0n) is 9.07. The van der Waals surface area contributed by atoms with E-state index in [1.807, 2.05) is 32.0 Å². The third kappa shape index (κ3) is 2.39. The molecule has 0 amide bonds. The minimum absolute atomic E-state index is 0.358. The zero-order valence-corrected chi connectivity index (χ0v) is 10.7. The van der Waals surface area contributed by atoms with Crippen LogP contribution < -0.4 is 4.74 Å². The van der Waals surface area contributed by atoms with Crippen molar-refractivity contribution in [2.24, 2.45) is 0 Å². The van der Waals surface area contributed by atoms with Crippen molar-refractivity contribution in [3.8, 4) is 11.8 Å². The fourth-order valence-electron chi connectivity index (χ4n) is 1.29. The fraction of sp³-hybridized carbons (Fsp3) is 0.167. The summed E-state index contributed by atoms with van der Waals surface area (Å²) in [5, 5.41) is 0. The molecule has 4 heteroatoms. The number of aromatic nitrogens is 2. The lowest BCUT2D eigenvalue weighted by molar-refractivity contribution is 0.438. The minimum Gasteiger partial charge on any atom is -0.424 e. The molecule has 2 rings (SSSR count). The van der Waals surface area contributed by atoms with E-state index in [4.69, 9.17) is 4.74 Å². The van der Waals surface area contributed by atoms with E-state index in [-0.39, 0.29) is 0 Å². The van der Waals surface area contributed by atoms with Crippen LogP contribution in [0.1, 0.15) is 11.1 Å². The Bertz CT molecular complexity index is 497. The highest BCUT2D eigenvalue weighted by Crippen LogP contribution is 2.24. The van der Waals surface area contributed by atoms with Crippen LogP contribution in [0.2, 0.25) is 0 Å². The zero-order chi connectivity index (χ0) is 11.5. The van der Waals surface area contributed by atoms with Gasteiger partial charge in [0, 0.05) is 12.4 Å². The summed E-state index contributed by atoms with van der Waals surface area (Å²) in [4.78, 5) is 8.13. The molecule has 3 nitrogen and oxygen atoms in total. The van der Waals surface area contributed by atoms with E-state index in [2.05, 4.69) is 25.9 Å². The second-order valence-corrected chi connectivity index (χ2v) is 4.40. The van der Waals surface area contributed by atoms with Crippen LogP contribution >= 0.6 is 15.9 Å². The Morgan fingerprint density at radius 3 is 2.50 bits per heavy atom. The summed E-state index contributed by atoms with van der Waals surface area (Å²) >= 11 is 3.28. The Morgan fingerprint density at radius 2 is 1.81 bits per heavy atom. The molecule has 0 fully saturated rings. The first-order valence-electron chi connectivity index (χ1n) is 4.88. The van der Waals surface area contributed by atoms with Gasteiger partial charge in [0.2, 0.25) is 0 Å². The summed E-state index contributed by atoms with van der Waals surface area (Å²) in [6.07, 6.45) is 3.32. The lowest BCUT2D eigenvalue weighted by Crippen LogP contribution is -1.93. The quantitative estimate of drug-likeness (QED) is 0.841. The molecule has 1 aromatic carbocycles. The predicted molar refractivity (Wildman–Crippen MR) is 65.7 cm³/mol. The van der Waals surface area contributed by atoms with Crippen LogP contribution in [0.4, 0.5) is 0 Å². The van der Waals surface area contributed by atoms with Gasteiger partial charge in [-0.1, -0.05) is 12.1 Å². The number of hydrogen-bond donors (Lipinski definition) is 0. The van der Waals surface area contributed by atoms with Gasteiger partial charge in [-0.15, -0.1) is 0 Å². The second kappa shape index (κ2) is 4.61. The van der Waals surface area contributed by atoms with Crippen molar-refractivity contribution in [1.29, 1.82) is 0 Å². The van der Waals surface area contributed by atoms with Gasteiger partial charge in [0.15, 0.2) is 0 Å². The van der Waals surface area contributed by atoms with E-state index in [0.29, 0.717) is 6.01 Å². The maximum Gasteiger partial charge on any atom is 0.321 e. The number of hydrogen-bond acceptors (Lipinski definition) is 3. The molecule has 1 heterocycles. The number of ether oxygens (including phenoxy) is 1. The highest BCUT2D eigenvalue weighted by molar-refractivity contribution is 9.10. The van der Waals surface area contributed by atoms with Crippen molar-refractivity contribution >= 4 is 15.9 Å². The van der Waals surface area contributed by atoms with Crippen LogP contribution in [0.25, 0.3) is 0 Å². The predicted octanol–water partition coefficient (Wildman–Crippen LogP) is 3.65. The van der Waals surface area contributed by atoms with E-state index in [0.717, 1.165) is 15.8 Å². The van der Waals surface area contributed by atoms with E-state index >= 15 is 0 Å². The van der Waals surface area contributed by atoms with E-state index in [1.165, 1.54) is 5.56 Å². The fourth-order valence-corrected chi connectivity index (χ4v) is 1.49.